The van der Waals surface area contributed by atoms with Gasteiger partial charge in [0.1, 0.15) is 5.76 Å². The summed E-state index contributed by atoms with van der Waals surface area (Å²) in [5.41, 5.74) is 3.20. The van der Waals surface area contributed by atoms with Crippen molar-refractivity contribution in [2.45, 2.75) is 46.6 Å². The van der Waals surface area contributed by atoms with Crippen LogP contribution in [0.25, 0.3) is 0 Å². The SMILES string of the molecule is Cc1noc(C)c1CN(C)C(=O)C[C@H](C)CCc1ccccc1. The number of aryl methyl sites for hydroxylation is 3. The molecule has 0 spiro atoms. The predicted molar refractivity (Wildman–Crippen MR) is 91.0 cm³/mol. The first-order valence-corrected chi connectivity index (χ1v) is 8.17. The Morgan fingerprint density at radius 2 is 1.96 bits per heavy atom. The van der Waals surface area contributed by atoms with Gasteiger partial charge in [-0.1, -0.05) is 42.4 Å². The van der Waals surface area contributed by atoms with Gasteiger partial charge in [-0.2, -0.15) is 0 Å². The quantitative estimate of drug-likeness (QED) is 0.778. The predicted octanol–water partition coefficient (Wildman–Crippen LogP) is 3.91. The molecule has 0 saturated carbocycles. The van der Waals surface area contributed by atoms with Gasteiger partial charge in [0, 0.05) is 19.0 Å². The largest absolute Gasteiger partial charge is 0.361 e. The molecule has 0 bridgehead atoms. The molecular formula is C19H26N2O2. The van der Waals surface area contributed by atoms with Gasteiger partial charge in [-0.3, -0.25) is 4.79 Å². The molecule has 2 aromatic rings. The number of rotatable bonds is 7. The molecule has 4 heteroatoms. The van der Waals surface area contributed by atoms with E-state index in [1.54, 1.807) is 4.90 Å². The first-order valence-electron chi connectivity index (χ1n) is 8.17. The lowest BCUT2D eigenvalue weighted by Crippen LogP contribution is -2.28. The lowest BCUT2D eigenvalue weighted by atomic mass is 9.97. The molecule has 0 unspecified atom stereocenters. The maximum atomic E-state index is 12.4. The molecule has 0 N–H and O–H groups in total. The summed E-state index contributed by atoms with van der Waals surface area (Å²) in [6, 6.07) is 10.4. The van der Waals surface area contributed by atoms with Crippen LogP contribution in [0.5, 0.6) is 0 Å². The Balaban J connectivity index is 1.81. The zero-order valence-electron chi connectivity index (χ0n) is 14.5. The Bertz CT molecular complexity index is 615. The summed E-state index contributed by atoms with van der Waals surface area (Å²) in [4.78, 5) is 14.2. The molecule has 124 valence electrons. The van der Waals surface area contributed by atoms with Gasteiger partial charge in [0.05, 0.1) is 12.2 Å². The first-order chi connectivity index (χ1) is 11.0. The Hall–Kier alpha value is -2.10. The number of carbonyl (C=O) groups is 1. The van der Waals surface area contributed by atoms with Crippen LogP contribution in [-0.2, 0) is 17.8 Å². The second kappa shape index (κ2) is 7.95. The standard InChI is InChI=1S/C19H26N2O2/c1-14(10-11-17-8-6-5-7-9-17)12-19(22)21(4)13-18-15(2)20-23-16(18)3/h5-9,14H,10-13H2,1-4H3/t14-/m1/s1. The minimum Gasteiger partial charge on any atom is -0.361 e. The van der Waals surface area contributed by atoms with Gasteiger partial charge in [-0.15, -0.1) is 0 Å². The van der Waals surface area contributed by atoms with Crippen LogP contribution in [0.1, 0.15) is 42.3 Å². The van der Waals surface area contributed by atoms with Crippen molar-refractivity contribution in [3.8, 4) is 0 Å². The van der Waals surface area contributed by atoms with Gasteiger partial charge >= 0.3 is 0 Å². The highest BCUT2D eigenvalue weighted by Crippen LogP contribution is 2.17. The van der Waals surface area contributed by atoms with E-state index in [0.29, 0.717) is 18.9 Å². The normalized spacial score (nSPS) is 12.2. The van der Waals surface area contributed by atoms with Crippen molar-refractivity contribution < 1.29 is 9.32 Å². The fraction of sp³-hybridized carbons (Fsp3) is 0.474. The van der Waals surface area contributed by atoms with Crippen LogP contribution in [-0.4, -0.2) is 23.0 Å². The number of nitrogens with zero attached hydrogens (tertiary/aromatic N) is 2. The maximum Gasteiger partial charge on any atom is 0.222 e. The average molecular weight is 314 g/mol. The summed E-state index contributed by atoms with van der Waals surface area (Å²) in [5.74, 6) is 1.33. The zero-order valence-corrected chi connectivity index (χ0v) is 14.5. The second-order valence-corrected chi connectivity index (χ2v) is 6.39. The number of amides is 1. The lowest BCUT2D eigenvalue weighted by Gasteiger charge is -2.19. The summed E-state index contributed by atoms with van der Waals surface area (Å²) in [6.45, 7) is 6.50. The summed E-state index contributed by atoms with van der Waals surface area (Å²) in [5, 5.41) is 3.94. The van der Waals surface area contributed by atoms with Crippen molar-refractivity contribution in [2.24, 2.45) is 5.92 Å². The smallest absolute Gasteiger partial charge is 0.222 e. The van der Waals surface area contributed by atoms with Gasteiger partial charge in [0.25, 0.3) is 0 Å². The van der Waals surface area contributed by atoms with Crippen LogP contribution in [0.4, 0.5) is 0 Å². The van der Waals surface area contributed by atoms with E-state index in [9.17, 15) is 4.79 Å². The van der Waals surface area contributed by atoms with E-state index in [1.165, 1.54) is 5.56 Å². The highest BCUT2D eigenvalue weighted by Gasteiger charge is 2.17. The summed E-state index contributed by atoms with van der Waals surface area (Å²) in [6.07, 6.45) is 2.62. The van der Waals surface area contributed by atoms with Crippen LogP contribution in [0, 0.1) is 19.8 Å². The van der Waals surface area contributed by atoms with E-state index in [-0.39, 0.29) is 5.91 Å². The van der Waals surface area contributed by atoms with Gasteiger partial charge in [0.2, 0.25) is 5.91 Å². The third-order valence-electron chi connectivity index (χ3n) is 4.29. The van der Waals surface area contributed by atoms with Crippen molar-refractivity contribution in [1.82, 2.24) is 10.1 Å². The minimum atomic E-state index is 0.172. The Morgan fingerprint density at radius 3 is 2.57 bits per heavy atom. The summed E-state index contributed by atoms with van der Waals surface area (Å²) < 4.78 is 5.16. The van der Waals surface area contributed by atoms with E-state index in [0.717, 1.165) is 29.9 Å². The van der Waals surface area contributed by atoms with E-state index >= 15 is 0 Å². The zero-order chi connectivity index (χ0) is 16.8. The highest BCUT2D eigenvalue weighted by molar-refractivity contribution is 5.76. The van der Waals surface area contributed by atoms with Crippen molar-refractivity contribution in [3.05, 3.63) is 52.9 Å². The number of hydrogen-bond donors (Lipinski definition) is 0. The molecule has 0 saturated heterocycles. The average Bonchev–Trinajstić information content (AvgIpc) is 2.85. The van der Waals surface area contributed by atoms with Crippen LogP contribution in [0.2, 0.25) is 0 Å². The molecule has 0 radical (unpaired) electrons. The molecule has 4 nitrogen and oxygen atoms in total. The molecule has 1 heterocycles. The molecular weight excluding hydrogens is 288 g/mol. The summed E-state index contributed by atoms with van der Waals surface area (Å²) in [7, 11) is 1.85. The molecule has 23 heavy (non-hydrogen) atoms. The monoisotopic (exact) mass is 314 g/mol. The second-order valence-electron chi connectivity index (χ2n) is 6.39. The van der Waals surface area contributed by atoms with E-state index in [4.69, 9.17) is 4.52 Å². The maximum absolute atomic E-state index is 12.4. The third kappa shape index (κ3) is 4.95. The van der Waals surface area contributed by atoms with Gasteiger partial charge in [0.15, 0.2) is 0 Å². The fourth-order valence-electron chi connectivity index (χ4n) is 2.67. The number of hydrogen-bond acceptors (Lipinski definition) is 3. The van der Waals surface area contributed by atoms with E-state index in [2.05, 4.69) is 36.3 Å². The van der Waals surface area contributed by atoms with Crippen molar-refractivity contribution in [2.75, 3.05) is 7.05 Å². The Morgan fingerprint density at radius 1 is 1.26 bits per heavy atom. The number of carbonyl (C=O) groups excluding carboxylic acids is 1. The van der Waals surface area contributed by atoms with Crippen LogP contribution in [0.15, 0.2) is 34.9 Å². The molecule has 0 aliphatic rings. The van der Waals surface area contributed by atoms with Crippen LogP contribution < -0.4 is 0 Å². The van der Waals surface area contributed by atoms with Crippen molar-refractivity contribution >= 4 is 5.91 Å². The number of benzene rings is 1. The molecule has 0 aliphatic heterocycles. The van der Waals surface area contributed by atoms with Crippen LogP contribution >= 0.6 is 0 Å². The van der Waals surface area contributed by atoms with Gasteiger partial charge in [-0.25, -0.2) is 0 Å². The lowest BCUT2D eigenvalue weighted by molar-refractivity contribution is -0.131. The first kappa shape index (κ1) is 17.3. The summed E-state index contributed by atoms with van der Waals surface area (Å²) >= 11 is 0. The molecule has 1 aromatic carbocycles. The van der Waals surface area contributed by atoms with Crippen molar-refractivity contribution in [1.29, 1.82) is 0 Å². The molecule has 0 fully saturated rings. The minimum absolute atomic E-state index is 0.172. The molecule has 0 aliphatic carbocycles. The van der Waals surface area contributed by atoms with Gasteiger partial charge < -0.3 is 9.42 Å². The molecule has 2 rings (SSSR count). The fourth-order valence-corrected chi connectivity index (χ4v) is 2.67. The molecule has 1 aromatic heterocycles. The third-order valence-corrected chi connectivity index (χ3v) is 4.29. The highest BCUT2D eigenvalue weighted by atomic mass is 16.5. The Kier molecular flexibility index (Phi) is 5.97. The van der Waals surface area contributed by atoms with Crippen LogP contribution in [0.3, 0.4) is 0 Å². The Labute approximate surface area is 138 Å². The van der Waals surface area contributed by atoms with Gasteiger partial charge in [-0.05, 0) is 38.2 Å². The van der Waals surface area contributed by atoms with Crippen molar-refractivity contribution in [3.63, 3.8) is 0 Å². The van der Waals surface area contributed by atoms with E-state index < -0.39 is 0 Å². The van der Waals surface area contributed by atoms with E-state index in [1.807, 2.05) is 27.0 Å². The molecule has 1 amide bonds. The number of aromatic nitrogens is 1. The topological polar surface area (TPSA) is 46.3 Å². The molecule has 1 atom stereocenters.